The molecule has 0 amide bonds. The molecule has 2 atom stereocenters. The molecule has 0 radical (unpaired) electrons. The normalized spacial score (nSPS) is 20.8. The molecule has 1 aromatic rings. The molecule has 6 heteroatoms. The van der Waals surface area contributed by atoms with Crippen LogP contribution in [0.2, 0.25) is 0 Å². The Morgan fingerprint density at radius 1 is 1.35 bits per heavy atom. The molecule has 5 nitrogen and oxygen atoms in total. The maximum absolute atomic E-state index is 11.8. The van der Waals surface area contributed by atoms with Gasteiger partial charge in [-0.2, -0.15) is 0 Å². The standard InChI is InChI=1S/C14H22N2O3S/c1-3-15-20(17,18)14-6-4-13(5-7-14)16-11(2)12-8-9-19-10-12/h4-7,11-12,15-16H,3,8-10H2,1-2H3. The largest absolute Gasteiger partial charge is 0.382 e. The van der Waals surface area contributed by atoms with E-state index in [0.717, 1.165) is 25.3 Å². The second-order valence-corrected chi connectivity index (χ2v) is 6.85. The van der Waals surface area contributed by atoms with Crippen molar-refractivity contribution in [3.05, 3.63) is 24.3 Å². The summed E-state index contributed by atoms with van der Waals surface area (Å²) in [6.45, 7) is 5.90. The van der Waals surface area contributed by atoms with Crippen LogP contribution < -0.4 is 10.0 Å². The van der Waals surface area contributed by atoms with Gasteiger partial charge in [-0.3, -0.25) is 0 Å². The molecular weight excluding hydrogens is 276 g/mol. The van der Waals surface area contributed by atoms with Crippen molar-refractivity contribution in [2.75, 3.05) is 25.1 Å². The molecule has 1 saturated heterocycles. The van der Waals surface area contributed by atoms with E-state index in [0.29, 0.717) is 23.4 Å². The van der Waals surface area contributed by atoms with E-state index in [1.807, 2.05) is 0 Å². The van der Waals surface area contributed by atoms with E-state index < -0.39 is 10.0 Å². The summed E-state index contributed by atoms with van der Waals surface area (Å²) < 4.78 is 31.5. The molecule has 0 spiro atoms. The fourth-order valence-electron chi connectivity index (χ4n) is 2.33. The Hall–Kier alpha value is -1.11. The van der Waals surface area contributed by atoms with Crippen LogP contribution in [0.5, 0.6) is 0 Å². The van der Waals surface area contributed by atoms with Crippen molar-refractivity contribution in [2.45, 2.75) is 31.2 Å². The minimum Gasteiger partial charge on any atom is -0.382 e. The van der Waals surface area contributed by atoms with Gasteiger partial charge in [0.25, 0.3) is 0 Å². The minimum atomic E-state index is -3.37. The Morgan fingerprint density at radius 2 is 2.05 bits per heavy atom. The van der Waals surface area contributed by atoms with Crippen LogP contribution in [0.15, 0.2) is 29.2 Å². The lowest BCUT2D eigenvalue weighted by Gasteiger charge is -2.20. The average molecular weight is 298 g/mol. The van der Waals surface area contributed by atoms with Crippen molar-refractivity contribution < 1.29 is 13.2 Å². The van der Waals surface area contributed by atoms with Gasteiger partial charge in [0.2, 0.25) is 10.0 Å². The molecular formula is C14H22N2O3S. The van der Waals surface area contributed by atoms with Crippen LogP contribution in [0.1, 0.15) is 20.3 Å². The maximum Gasteiger partial charge on any atom is 0.240 e. The highest BCUT2D eigenvalue weighted by atomic mass is 32.2. The lowest BCUT2D eigenvalue weighted by molar-refractivity contribution is 0.183. The third-order valence-corrected chi connectivity index (χ3v) is 5.13. The zero-order valence-corrected chi connectivity index (χ0v) is 12.7. The molecule has 1 aromatic carbocycles. The van der Waals surface area contributed by atoms with Crippen LogP contribution >= 0.6 is 0 Å². The topological polar surface area (TPSA) is 67.4 Å². The van der Waals surface area contributed by atoms with Crippen molar-refractivity contribution in [1.29, 1.82) is 0 Å². The Labute approximate surface area is 120 Å². The van der Waals surface area contributed by atoms with Crippen LogP contribution in [-0.4, -0.2) is 34.2 Å². The summed E-state index contributed by atoms with van der Waals surface area (Å²) in [5, 5.41) is 3.40. The van der Waals surface area contributed by atoms with Gasteiger partial charge >= 0.3 is 0 Å². The number of nitrogens with one attached hydrogen (secondary N) is 2. The number of hydrogen-bond donors (Lipinski definition) is 2. The lowest BCUT2D eigenvalue weighted by Crippen LogP contribution is -2.26. The van der Waals surface area contributed by atoms with Crippen LogP contribution in [0.4, 0.5) is 5.69 Å². The Morgan fingerprint density at radius 3 is 2.60 bits per heavy atom. The van der Waals surface area contributed by atoms with Crippen LogP contribution in [-0.2, 0) is 14.8 Å². The van der Waals surface area contributed by atoms with Gasteiger partial charge in [0.15, 0.2) is 0 Å². The molecule has 1 fully saturated rings. The summed E-state index contributed by atoms with van der Waals surface area (Å²) in [4.78, 5) is 0.293. The highest BCUT2D eigenvalue weighted by Crippen LogP contribution is 2.21. The van der Waals surface area contributed by atoms with Gasteiger partial charge in [0.1, 0.15) is 0 Å². The molecule has 20 heavy (non-hydrogen) atoms. The van der Waals surface area contributed by atoms with Gasteiger partial charge in [-0.05, 0) is 37.6 Å². The minimum absolute atomic E-state index is 0.293. The number of hydrogen-bond acceptors (Lipinski definition) is 4. The summed E-state index contributed by atoms with van der Waals surface area (Å²) in [6.07, 6.45) is 1.07. The third-order valence-electron chi connectivity index (χ3n) is 3.57. The molecule has 1 aliphatic rings. The van der Waals surface area contributed by atoms with Gasteiger partial charge in [0.05, 0.1) is 11.5 Å². The van der Waals surface area contributed by atoms with E-state index in [2.05, 4.69) is 17.0 Å². The van der Waals surface area contributed by atoms with Crippen molar-refractivity contribution in [3.8, 4) is 0 Å². The summed E-state index contributed by atoms with van der Waals surface area (Å²) in [7, 11) is -3.37. The predicted octanol–water partition coefficient (Wildman–Crippen LogP) is 1.82. The lowest BCUT2D eigenvalue weighted by atomic mass is 10.0. The Kier molecular flexibility index (Phi) is 5.01. The highest BCUT2D eigenvalue weighted by molar-refractivity contribution is 7.89. The van der Waals surface area contributed by atoms with Crippen LogP contribution in [0.25, 0.3) is 0 Å². The average Bonchev–Trinajstić information content (AvgIpc) is 2.93. The number of anilines is 1. The zero-order chi connectivity index (χ0) is 14.6. The monoisotopic (exact) mass is 298 g/mol. The van der Waals surface area contributed by atoms with E-state index in [1.165, 1.54) is 0 Å². The zero-order valence-electron chi connectivity index (χ0n) is 11.9. The van der Waals surface area contributed by atoms with Crippen molar-refractivity contribution >= 4 is 15.7 Å². The molecule has 0 saturated carbocycles. The van der Waals surface area contributed by atoms with Crippen molar-refractivity contribution in [3.63, 3.8) is 0 Å². The van der Waals surface area contributed by atoms with Gasteiger partial charge < -0.3 is 10.1 Å². The molecule has 1 aliphatic heterocycles. The first-order valence-electron chi connectivity index (χ1n) is 6.97. The summed E-state index contributed by atoms with van der Waals surface area (Å²) >= 11 is 0. The van der Waals surface area contributed by atoms with E-state index in [-0.39, 0.29) is 0 Å². The van der Waals surface area contributed by atoms with Gasteiger partial charge in [-0.25, -0.2) is 13.1 Å². The fraction of sp³-hybridized carbons (Fsp3) is 0.571. The SMILES string of the molecule is CCNS(=O)(=O)c1ccc(NC(C)C2CCOC2)cc1. The first-order valence-corrected chi connectivity index (χ1v) is 8.45. The summed E-state index contributed by atoms with van der Waals surface area (Å²) in [6, 6.07) is 7.16. The fourth-order valence-corrected chi connectivity index (χ4v) is 3.37. The molecule has 2 unspecified atom stereocenters. The van der Waals surface area contributed by atoms with Gasteiger partial charge in [-0.1, -0.05) is 6.92 Å². The second kappa shape index (κ2) is 6.56. The number of sulfonamides is 1. The first kappa shape index (κ1) is 15.3. The number of rotatable bonds is 6. The molecule has 0 aromatic heterocycles. The van der Waals surface area contributed by atoms with E-state index in [9.17, 15) is 8.42 Å². The molecule has 1 heterocycles. The predicted molar refractivity (Wildman–Crippen MR) is 79.3 cm³/mol. The van der Waals surface area contributed by atoms with Gasteiger partial charge in [0, 0.05) is 30.8 Å². The second-order valence-electron chi connectivity index (χ2n) is 5.08. The Balaban J connectivity index is 2.01. The number of ether oxygens (including phenoxy) is 1. The molecule has 0 bridgehead atoms. The van der Waals surface area contributed by atoms with Crippen LogP contribution in [0.3, 0.4) is 0 Å². The van der Waals surface area contributed by atoms with E-state index >= 15 is 0 Å². The molecule has 2 rings (SSSR count). The van der Waals surface area contributed by atoms with E-state index in [4.69, 9.17) is 4.74 Å². The summed E-state index contributed by atoms with van der Waals surface area (Å²) in [5.41, 5.74) is 0.930. The first-order chi connectivity index (χ1) is 9.53. The third kappa shape index (κ3) is 3.71. The van der Waals surface area contributed by atoms with Crippen LogP contribution in [0, 0.1) is 5.92 Å². The molecule has 2 N–H and O–H groups in total. The smallest absolute Gasteiger partial charge is 0.240 e. The van der Waals surface area contributed by atoms with Crippen molar-refractivity contribution in [2.24, 2.45) is 5.92 Å². The van der Waals surface area contributed by atoms with E-state index in [1.54, 1.807) is 31.2 Å². The highest BCUT2D eigenvalue weighted by Gasteiger charge is 2.22. The molecule has 0 aliphatic carbocycles. The molecule has 112 valence electrons. The van der Waals surface area contributed by atoms with Gasteiger partial charge in [-0.15, -0.1) is 0 Å². The maximum atomic E-state index is 11.8. The van der Waals surface area contributed by atoms with Crippen molar-refractivity contribution in [1.82, 2.24) is 4.72 Å². The Bertz CT molecular complexity index is 522. The number of benzene rings is 1. The quantitative estimate of drug-likeness (QED) is 0.840. The summed E-state index contributed by atoms with van der Waals surface area (Å²) in [5.74, 6) is 0.514.